The largest absolute Gasteiger partial charge is 0.496 e. The van der Waals surface area contributed by atoms with Crippen molar-refractivity contribution in [1.29, 1.82) is 0 Å². The molecule has 26 heavy (non-hydrogen) atoms. The molecule has 1 aliphatic heterocycles. The summed E-state index contributed by atoms with van der Waals surface area (Å²) in [7, 11) is 1.48. The maximum absolute atomic E-state index is 13.7. The molecule has 1 fully saturated rings. The molecule has 1 aromatic carbocycles. The Hall–Kier alpha value is -2.96. The molecule has 7 heteroatoms. The monoisotopic (exact) mass is 354 g/mol. The number of likely N-dealkylation sites (tertiary alicyclic amines) is 1. The maximum atomic E-state index is 13.7. The molecule has 3 aromatic rings. The van der Waals surface area contributed by atoms with Crippen molar-refractivity contribution >= 4 is 11.6 Å². The molecule has 134 valence electrons. The number of halogens is 1. The van der Waals surface area contributed by atoms with E-state index >= 15 is 0 Å². The minimum absolute atomic E-state index is 0.149. The molecule has 0 bridgehead atoms. The van der Waals surface area contributed by atoms with E-state index in [-0.39, 0.29) is 17.5 Å². The Labute approximate surface area is 150 Å². The number of carbonyl (C=O) groups excluding carboxylic acids is 1. The van der Waals surface area contributed by atoms with Gasteiger partial charge < -0.3 is 9.64 Å². The highest BCUT2D eigenvalue weighted by atomic mass is 19.1. The number of hydrogen-bond donors (Lipinski definition) is 0. The van der Waals surface area contributed by atoms with Crippen molar-refractivity contribution in [3.8, 4) is 5.75 Å². The second-order valence-corrected chi connectivity index (χ2v) is 6.34. The Morgan fingerprint density at radius 1 is 1.27 bits per heavy atom. The summed E-state index contributed by atoms with van der Waals surface area (Å²) >= 11 is 0. The molecule has 0 radical (unpaired) electrons. The highest BCUT2D eigenvalue weighted by Gasteiger charge is 2.31. The van der Waals surface area contributed by atoms with Gasteiger partial charge in [-0.15, -0.1) is 0 Å². The molecule has 0 saturated carbocycles. The fourth-order valence-corrected chi connectivity index (χ4v) is 3.50. The minimum Gasteiger partial charge on any atom is -0.496 e. The van der Waals surface area contributed by atoms with Crippen molar-refractivity contribution in [2.45, 2.75) is 25.3 Å². The van der Waals surface area contributed by atoms with Gasteiger partial charge in [0.15, 0.2) is 5.65 Å². The molecule has 2 aromatic heterocycles. The van der Waals surface area contributed by atoms with E-state index in [1.807, 2.05) is 18.3 Å². The molecular formula is C19H19FN4O2. The molecule has 4 rings (SSSR count). The summed E-state index contributed by atoms with van der Waals surface area (Å²) in [6.07, 6.45) is 6.28. The van der Waals surface area contributed by atoms with Crippen LogP contribution in [0.3, 0.4) is 0 Å². The number of fused-ring (bicyclic) bond motifs is 1. The molecule has 6 nitrogen and oxygen atoms in total. The van der Waals surface area contributed by atoms with Crippen molar-refractivity contribution in [2.75, 3.05) is 13.7 Å². The Kier molecular flexibility index (Phi) is 4.28. The smallest absolute Gasteiger partial charge is 0.258 e. The van der Waals surface area contributed by atoms with Gasteiger partial charge in [-0.3, -0.25) is 4.79 Å². The lowest BCUT2D eigenvalue weighted by molar-refractivity contribution is 0.0602. The van der Waals surface area contributed by atoms with E-state index in [4.69, 9.17) is 4.74 Å². The van der Waals surface area contributed by atoms with Crippen LogP contribution in [0.4, 0.5) is 4.39 Å². The third-order valence-electron chi connectivity index (χ3n) is 4.78. The average Bonchev–Trinajstić information content (AvgIpc) is 3.15. The van der Waals surface area contributed by atoms with E-state index in [2.05, 4.69) is 10.1 Å². The number of rotatable bonds is 3. The Morgan fingerprint density at radius 2 is 2.15 bits per heavy atom. The fraction of sp³-hybridized carbons (Fsp3) is 0.316. The number of amides is 1. The predicted octanol–water partition coefficient (Wildman–Crippen LogP) is 3.24. The van der Waals surface area contributed by atoms with E-state index in [1.54, 1.807) is 15.6 Å². The standard InChI is InChI=1S/C19H19FN4O2/c1-26-17-6-5-13(20)12-14(17)19(25)23-10-3-2-4-16(23)15-8-11-24-18(22-15)7-9-21-24/h5-9,11-12,16H,2-4,10H2,1H3/t16-/m0/s1. The first kappa shape index (κ1) is 16.5. The maximum Gasteiger partial charge on any atom is 0.258 e. The lowest BCUT2D eigenvalue weighted by Gasteiger charge is -2.35. The molecule has 0 spiro atoms. The summed E-state index contributed by atoms with van der Waals surface area (Å²) in [5, 5.41) is 4.15. The second-order valence-electron chi connectivity index (χ2n) is 6.34. The van der Waals surface area contributed by atoms with E-state index in [9.17, 15) is 9.18 Å². The summed E-state index contributed by atoms with van der Waals surface area (Å²) in [4.78, 5) is 19.6. The molecule has 1 aliphatic rings. The topological polar surface area (TPSA) is 59.7 Å². The number of ether oxygens (including phenoxy) is 1. The Bertz CT molecular complexity index is 956. The first-order valence-electron chi connectivity index (χ1n) is 8.62. The van der Waals surface area contributed by atoms with Gasteiger partial charge in [0.2, 0.25) is 0 Å². The first-order valence-corrected chi connectivity index (χ1v) is 8.62. The van der Waals surface area contributed by atoms with Crippen LogP contribution in [0.15, 0.2) is 42.7 Å². The van der Waals surface area contributed by atoms with Crippen molar-refractivity contribution in [2.24, 2.45) is 0 Å². The van der Waals surface area contributed by atoms with E-state index < -0.39 is 5.82 Å². The highest BCUT2D eigenvalue weighted by Crippen LogP contribution is 2.33. The molecule has 1 saturated heterocycles. The van der Waals surface area contributed by atoms with Crippen LogP contribution in [0.2, 0.25) is 0 Å². The number of piperidine rings is 1. The average molecular weight is 354 g/mol. The van der Waals surface area contributed by atoms with Crippen molar-refractivity contribution in [3.63, 3.8) is 0 Å². The summed E-state index contributed by atoms with van der Waals surface area (Å²) in [5.41, 5.74) is 1.80. The van der Waals surface area contributed by atoms with Crippen molar-refractivity contribution in [1.82, 2.24) is 19.5 Å². The van der Waals surface area contributed by atoms with Gasteiger partial charge in [-0.25, -0.2) is 13.9 Å². The van der Waals surface area contributed by atoms with Gasteiger partial charge in [-0.05, 0) is 43.5 Å². The van der Waals surface area contributed by atoms with Crippen molar-refractivity contribution in [3.05, 3.63) is 59.8 Å². The normalized spacial score (nSPS) is 17.5. The number of methoxy groups -OCH3 is 1. The van der Waals surface area contributed by atoms with Gasteiger partial charge in [-0.2, -0.15) is 5.10 Å². The number of carbonyl (C=O) groups is 1. The molecule has 0 unspecified atom stereocenters. The predicted molar refractivity (Wildman–Crippen MR) is 93.6 cm³/mol. The van der Waals surface area contributed by atoms with Crippen molar-refractivity contribution < 1.29 is 13.9 Å². The van der Waals surface area contributed by atoms with Gasteiger partial charge in [0.05, 0.1) is 30.6 Å². The molecule has 1 amide bonds. The summed E-state index contributed by atoms with van der Waals surface area (Å²) in [5.74, 6) is -0.317. The summed E-state index contributed by atoms with van der Waals surface area (Å²) in [6.45, 7) is 0.606. The van der Waals surface area contributed by atoms with Crippen LogP contribution >= 0.6 is 0 Å². The number of aromatic nitrogens is 3. The first-order chi connectivity index (χ1) is 12.7. The van der Waals surface area contributed by atoms with Crippen LogP contribution in [-0.2, 0) is 0 Å². The Balaban J connectivity index is 1.71. The molecule has 3 heterocycles. The molecule has 1 atom stereocenters. The third-order valence-corrected chi connectivity index (χ3v) is 4.78. The quantitative estimate of drug-likeness (QED) is 0.724. The SMILES string of the molecule is COc1ccc(F)cc1C(=O)N1CCCC[C@H]1c1ccn2nccc2n1. The molecule has 0 N–H and O–H groups in total. The third kappa shape index (κ3) is 2.89. The van der Waals surface area contributed by atoms with Crippen LogP contribution in [0.25, 0.3) is 5.65 Å². The zero-order valence-corrected chi connectivity index (χ0v) is 14.4. The summed E-state index contributed by atoms with van der Waals surface area (Å²) < 4.78 is 20.7. The van der Waals surface area contributed by atoms with Gasteiger partial charge in [-0.1, -0.05) is 0 Å². The van der Waals surface area contributed by atoms with Crippen LogP contribution in [0.5, 0.6) is 5.75 Å². The van der Waals surface area contributed by atoms with E-state index in [0.717, 1.165) is 30.6 Å². The summed E-state index contributed by atoms with van der Waals surface area (Å²) in [6, 6.07) is 7.58. The van der Waals surface area contributed by atoms with Gasteiger partial charge >= 0.3 is 0 Å². The fourth-order valence-electron chi connectivity index (χ4n) is 3.50. The zero-order valence-electron chi connectivity index (χ0n) is 14.4. The highest BCUT2D eigenvalue weighted by molar-refractivity contribution is 5.97. The van der Waals surface area contributed by atoms with E-state index in [1.165, 1.54) is 25.3 Å². The van der Waals surface area contributed by atoms with Gasteiger partial charge in [0.1, 0.15) is 11.6 Å². The van der Waals surface area contributed by atoms with Crippen LogP contribution in [0, 0.1) is 5.82 Å². The van der Waals surface area contributed by atoms with Gasteiger partial charge in [0, 0.05) is 18.8 Å². The van der Waals surface area contributed by atoms with E-state index in [0.29, 0.717) is 12.3 Å². The lowest BCUT2D eigenvalue weighted by atomic mass is 9.97. The molecule has 0 aliphatic carbocycles. The number of benzene rings is 1. The number of nitrogens with zero attached hydrogens (tertiary/aromatic N) is 4. The van der Waals surface area contributed by atoms with Crippen LogP contribution < -0.4 is 4.74 Å². The minimum atomic E-state index is -0.457. The second kappa shape index (κ2) is 6.74. The molecular weight excluding hydrogens is 335 g/mol. The number of hydrogen-bond acceptors (Lipinski definition) is 4. The lowest BCUT2D eigenvalue weighted by Crippen LogP contribution is -2.39. The van der Waals surface area contributed by atoms with Crippen LogP contribution in [-0.4, -0.2) is 39.1 Å². The van der Waals surface area contributed by atoms with Gasteiger partial charge in [0.25, 0.3) is 5.91 Å². The zero-order chi connectivity index (χ0) is 18.1. The Morgan fingerprint density at radius 3 is 3.00 bits per heavy atom. The van der Waals surface area contributed by atoms with Crippen LogP contribution in [0.1, 0.15) is 41.4 Å².